The number of hydrogen-bond donors (Lipinski definition) is 0. The minimum absolute atomic E-state index is 0.127. The van der Waals surface area contributed by atoms with Crippen LogP contribution in [-0.2, 0) is 35.6 Å². The average molecular weight is 501 g/mol. The second-order valence-corrected chi connectivity index (χ2v) is 9.86. The van der Waals surface area contributed by atoms with Crippen molar-refractivity contribution in [2.45, 2.75) is 58.0 Å². The molecule has 8 heteroatoms. The zero-order valence-electron chi connectivity index (χ0n) is 22.4. The van der Waals surface area contributed by atoms with Crippen molar-refractivity contribution in [3.8, 4) is 17.2 Å². The fourth-order valence-corrected chi connectivity index (χ4v) is 6.67. The third-order valence-corrected chi connectivity index (χ3v) is 8.36. The van der Waals surface area contributed by atoms with Gasteiger partial charge in [0.1, 0.15) is 6.10 Å². The Morgan fingerprint density at radius 1 is 1.03 bits per heavy atom. The van der Waals surface area contributed by atoms with Gasteiger partial charge in [0.2, 0.25) is 17.3 Å². The maximum atomic E-state index is 13.3. The second kappa shape index (κ2) is 9.37. The summed E-state index contributed by atoms with van der Waals surface area (Å²) < 4.78 is 35.1. The summed E-state index contributed by atoms with van der Waals surface area (Å²) in [5, 5.41) is 0. The summed E-state index contributed by atoms with van der Waals surface area (Å²) in [6.07, 6.45) is 3.51. The minimum Gasteiger partial charge on any atom is -0.496 e. The number of methoxy groups -OCH3 is 5. The van der Waals surface area contributed by atoms with E-state index in [1.165, 1.54) is 14.2 Å². The monoisotopic (exact) mass is 500 g/mol. The van der Waals surface area contributed by atoms with Gasteiger partial charge in [-0.05, 0) is 41.5 Å². The molecule has 3 aliphatic rings. The third-order valence-electron chi connectivity index (χ3n) is 8.36. The van der Waals surface area contributed by atoms with E-state index in [1.807, 2.05) is 13.0 Å². The first kappa shape index (κ1) is 25.9. The normalized spacial score (nSPS) is 28.1. The first-order chi connectivity index (χ1) is 17.2. The van der Waals surface area contributed by atoms with Gasteiger partial charge in [-0.25, -0.2) is 0 Å². The Labute approximate surface area is 212 Å². The van der Waals surface area contributed by atoms with Gasteiger partial charge in [-0.1, -0.05) is 27.2 Å². The van der Waals surface area contributed by atoms with Gasteiger partial charge < -0.3 is 28.4 Å². The van der Waals surface area contributed by atoms with Crippen LogP contribution in [-0.4, -0.2) is 53.4 Å². The number of unbranched alkanes of at least 4 members (excludes halogenated alkanes) is 1. The van der Waals surface area contributed by atoms with Crippen molar-refractivity contribution >= 4 is 11.8 Å². The SMILES string of the molecule is CCCCC(=O)O[C@H]1C2=CC(=O)C(OC)=C(OC)[C@]23c2c(cc(OC)c(OC)c2OC)C[C@]3(C)[C@H]1C. The quantitative estimate of drug-likeness (QED) is 0.464. The lowest BCUT2D eigenvalue weighted by Gasteiger charge is -2.43. The summed E-state index contributed by atoms with van der Waals surface area (Å²) in [6, 6.07) is 1.96. The molecule has 0 N–H and O–H groups in total. The molecule has 0 bridgehead atoms. The lowest BCUT2D eigenvalue weighted by atomic mass is 9.60. The van der Waals surface area contributed by atoms with Crippen molar-refractivity contribution in [2.75, 3.05) is 35.5 Å². The molecule has 1 aromatic rings. The maximum absolute atomic E-state index is 13.3. The number of ketones is 1. The van der Waals surface area contributed by atoms with E-state index < -0.39 is 16.9 Å². The molecule has 0 aromatic heterocycles. The highest BCUT2D eigenvalue weighted by Crippen LogP contribution is 2.73. The number of carbonyl (C=O) groups excluding carboxylic acids is 2. The molecule has 3 aliphatic carbocycles. The molecule has 36 heavy (non-hydrogen) atoms. The highest BCUT2D eigenvalue weighted by atomic mass is 16.5. The van der Waals surface area contributed by atoms with Gasteiger partial charge in [-0.3, -0.25) is 9.59 Å². The number of ether oxygens (including phenoxy) is 6. The van der Waals surface area contributed by atoms with Crippen LogP contribution >= 0.6 is 0 Å². The van der Waals surface area contributed by atoms with E-state index in [1.54, 1.807) is 27.4 Å². The van der Waals surface area contributed by atoms with E-state index in [-0.39, 0.29) is 23.4 Å². The first-order valence-electron chi connectivity index (χ1n) is 12.3. The summed E-state index contributed by atoms with van der Waals surface area (Å²) in [6.45, 7) is 6.24. The van der Waals surface area contributed by atoms with Gasteiger partial charge in [0.15, 0.2) is 17.3 Å². The molecule has 1 fully saturated rings. The van der Waals surface area contributed by atoms with E-state index in [2.05, 4.69) is 13.8 Å². The van der Waals surface area contributed by atoms with Crippen LogP contribution in [0.4, 0.5) is 0 Å². The smallest absolute Gasteiger partial charge is 0.306 e. The molecule has 0 radical (unpaired) electrons. The number of esters is 1. The van der Waals surface area contributed by atoms with E-state index in [0.29, 0.717) is 41.4 Å². The average Bonchev–Trinajstić information content (AvgIpc) is 3.22. The van der Waals surface area contributed by atoms with Gasteiger partial charge in [0.25, 0.3) is 0 Å². The van der Waals surface area contributed by atoms with E-state index >= 15 is 0 Å². The van der Waals surface area contributed by atoms with Gasteiger partial charge in [0, 0.05) is 17.9 Å². The molecule has 0 heterocycles. The maximum Gasteiger partial charge on any atom is 0.306 e. The molecule has 1 saturated carbocycles. The zero-order valence-corrected chi connectivity index (χ0v) is 22.4. The Morgan fingerprint density at radius 3 is 2.28 bits per heavy atom. The summed E-state index contributed by atoms with van der Waals surface area (Å²) >= 11 is 0. The van der Waals surface area contributed by atoms with Crippen LogP contribution < -0.4 is 14.2 Å². The summed E-state index contributed by atoms with van der Waals surface area (Å²) in [5.74, 6) is 1.24. The standard InChI is InChI=1S/C28H36O8/c1-9-10-11-20(30)36-22-15(2)27(3)14-16-12-19(31-4)24(33-6)25(34-7)21(16)28(27)17(22)13-18(29)23(32-5)26(28)35-8/h12-13,15,22H,9-11,14H2,1-8H3/t15-,22+,27+,28+/m0/s1. The molecule has 0 unspecified atom stereocenters. The van der Waals surface area contributed by atoms with Gasteiger partial charge in [0.05, 0.1) is 41.0 Å². The van der Waals surface area contributed by atoms with Crippen molar-refractivity contribution in [3.05, 3.63) is 40.4 Å². The largest absolute Gasteiger partial charge is 0.496 e. The van der Waals surface area contributed by atoms with Crippen molar-refractivity contribution in [1.82, 2.24) is 0 Å². The summed E-state index contributed by atoms with van der Waals surface area (Å²) in [4.78, 5) is 26.1. The molecular formula is C28H36O8. The lowest BCUT2D eigenvalue weighted by molar-refractivity contribution is -0.149. The van der Waals surface area contributed by atoms with E-state index in [0.717, 1.165) is 24.0 Å². The lowest BCUT2D eigenvalue weighted by Crippen LogP contribution is -2.45. The van der Waals surface area contributed by atoms with Crippen LogP contribution in [0.15, 0.2) is 29.2 Å². The van der Waals surface area contributed by atoms with Crippen LogP contribution in [0.3, 0.4) is 0 Å². The van der Waals surface area contributed by atoms with Crippen molar-refractivity contribution in [3.63, 3.8) is 0 Å². The van der Waals surface area contributed by atoms with Crippen LogP contribution in [0.25, 0.3) is 0 Å². The van der Waals surface area contributed by atoms with Crippen LogP contribution in [0.5, 0.6) is 17.2 Å². The molecule has 196 valence electrons. The topological polar surface area (TPSA) is 89.5 Å². The second-order valence-electron chi connectivity index (χ2n) is 9.86. The summed E-state index contributed by atoms with van der Waals surface area (Å²) in [5.41, 5.74) is 0.955. The first-order valence-corrected chi connectivity index (χ1v) is 12.3. The van der Waals surface area contributed by atoms with Crippen LogP contribution in [0.2, 0.25) is 0 Å². The van der Waals surface area contributed by atoms with Crippen molar-refractivity contribution in [2.24, 2.45) is 11.3 Å². The van der Waals surface area contributed by atoms with Crippen molar-refractivity contribution < 1.29 is 38.0 Å². The number of allylic oxidation sites excluding steroid dienone is 2. The van der Waals surface area contributed by atoms with Gasteiger partial charge in [-0.2, -0.15) is 0 Å². The van der Waals surface area contributed by atoms with Gasteiger partial charge >= 0.3 is 5.97 Å². The molecule has 4 atom stereocenters. The van der Waals surface area contributed by atoms with E-state index in [4.69, 9.17) is 28.4 Å². The number of benzene rings is 1. The molecule has 0 saturated heterocycles. The molecule has 1 aromatic carbocycles. The molecule has 4 rings (SSSR count). The van der Waals surface area contributed by atoms with Crippen molar-refractivity contribution in [1.29, 1.82) is 0 Å². The molecule has 8 nitrogen and oxygen atoms in total. The Morgan fingerprint density at radius 2 is 1.72 bits per heavy atom. The highest BCUT2D eigenvalue weighted by Gasteiger charge is 2.73. The fourth-order valence-electron chi connectivity index (χ4n) is 6.67. The predicted octanol–water partition coefficient (Wildman–Crippen LogP) is 4.28. The number of hydrogen-bond acceptors (Lipinski definition) is 8. The number of rotatable bonds is 9. The Bertz CT molecular complexity index is 1150. The van der Waals surface area contributed by atoms with Gasteiger partial charge in [-0.15, -0.1) is 0 Å². The highest BCUT2D eigenvalue weighted by molar-refractivity contribution is 6.06. The predicted molar refractivity (Wildman–Crippen MR) is 132 cm³/mol. The Kier molecular flexibility index (Phi) is 6.75. The number of fused-ring (bicyclic) bond motifs is 1. The molecular weight excluding hydrogens is 464 g/mol. The Balaban J connectivity index is 2.07. The minimum atomic E-state index is -0.976. The van der Waals surface area contributed by atoms with Crippen LogP contribution in [0.1, 0.15) is 51.2 Å². The molecule has 1 spiro atoms. The Hall–Kier alpha value is -3.16. The fraction of sp³-hybridized carbons (Fsp3) is 0.571. The van der Waals surface area contributed by atoms with Crippen LogP contribution in [0, 0.1) is 11.3 Å². The molecule has 0 amide bonds. The number of carbonyl (C=O) groups is 2. The third kappa shape index (κ3) is 3.19. The zero-order chi connectivity index (χ0) is 26.4. The van der Waals surface area contributed by atoms with E-state index in [9.17, 15) is 9.59 Å². The molecule has 0 aliphatic heterocycles. The summed E-state index contributed by atoms with van der Waals surface area (Å²) in [7, 11) is 7.72.